The summed E-state index contributed by atoms with van der Waals surface area (Å²) in [4.78, 5) is 18.1. The van der Waals surface area contributed by atoms with Crippen molar-refractivity contribution in [3.63, 3.8) is 0 Å². The summed E-state index contributed by atoms with van der Waals surface area (Å²) in [7, 11) is 1.57. The van der Waals surface area contributed by atoms with Crippen molar-refractivity contribution in [2.75, 3.05) is 32.1 Å². The number of methoxy groups -OCH3 is 1. The maximum absolute atomic E-state index is 13.5. The summed E-state index contributed by atoms with van der Waals surface area (Å²) in [6.07, 6.45) is -2.12. The number of rotatable bonds is 5. The van der Waals surface area contributed by atoms with E-state index in [0.29, 0.717) is 37.4 Å². The van der Waals surface area contributed by atoms with Crippen molar-refractivity contribution in [1.82, 2.24) is 19.7 Å². The van der Waals surface area contributed by atoms with Gasteiger partial charge >= 0.3 is 6.18 Å². The first-order valence-electron chi connectivity index (χ1n) is 10.1. The third-order valence-electron chi connectivity index (χ3n) is 5.92. The van der Waals surface area contributed by atoms with Crippen LogP contribution in [0.4, 0.5) is 19.1 Å². The molecule has 1 amide bonds. The van der Waals surface area contributed by atoms with Gasteiger partial charge in [-0.1, -0.05) is 0 Å². The van der Waals surface area contributed by atoms with Crippen molar-refractivity contribution in [3.8, 4) is 11.5 Å². The first-order chi connectivity index (χ1) is 14.8. The summed E-state index contributed by atoms with van der Waals surface area (Å²) >= 11 is 0. The molecule has 11 heteroatoms. The molecule has 3 heterocycles. The van der Waals surface area contributed by atoms with E-state index in [9.17, 15) is 18.0 Å². The molecule has 2 aliphatic rings. The molecule has 1 saturated heterocycles. The van der Waals surface area contributed by atoms with Crippen LogP contribution in [0.2, 0.25) is 0 Å². The Morgan fingerprint density at radius 3 is 2.52 bits per heavy atom. The van der Waals surface area contributed by atoms with Crippen LogP contribution in [0.15, 0.2) is 30.6 Å². The molecule has 0 spiro atoms. The Labute approximate surface area is 177 Å². The third-order valence-corrected chi connectivity index (χ3v) is 5.92. The average Bonchev–Trinajstić information content (AvgIpc) is 3.25. The van der Waals surface area contributed by atoms with E-state index in [1.807, 2.05) is 0 Å². The second kappa shape index (κ2) is 8.64. The summed E-state index contributed by atoms with van der Waals surface area (Å²) in [5.74, 6) is 1.28. The van der Waals surface area contributed by atoms with Gasteiger partial charge in [0.25, 0.3) is 5.91 Å². The van der Waals surface area contributed by atoms with Crippen LogP contribution in [0.5, 0.6) is 11.5 Å². The van der Waals surface area contributed by atoms with E-state index in [4.69, 9.17) is 9.47 Å². The maximum Gasteiger partial charge on any atom is 0.411 e. The van der Waals surface area contributed by atoms with Gasteiger partial charge in [-0.25, -0.2) is 4.68 Å². The quantitative estimate of drug-likeness (QED) is 0.772. The van der Waals surface area contributed by atoms with Crippen molar-refractivity contribution in [1.29, 1.82) is 0 Å². The number of nitrogens with zero attached hydrogens (tertiary/aromatic N) is 4. The molecule has 0 aliphatic carbocycles. The number of alkyl halides is 3. The van der Waals surface area contributed by atoms with Crippen molar-refractivity contribution >= 4 is 11.9 Å². The molecule has 8 nitrogen and oxygen atoms in total. The summed E-state index contributed by atoms with van der Waals surface area (Å²) in [6.45, 7) is 0.881. The van der Waals surface area contributed by atoms with E-state index in [-0.39, 0.29) is 36.8 Å². The Balaban J connectivity index is 1.29. The highest BCUT2D eigenvalue weighted by atomic mass is 19.4. The molecule has 0 bridgehead atoms. The van der Waals surface area contributed by atoms with E-state index in [1.54, 1.807) is 36.3 Å². The summed E-state index contributed by atoms with van der Waals surface area (Å²) < 4.78 is 52.0. The van der Waals surface area contributed by atoms with Gasteiger partial charge in [0.05, 0.1) is 7.11 Å². The van der Waals surface area contributed by atoms with Crippen molar-refractivity contribution < 1.29 is 27.4 Å². The van der Waals surface area contributed by atoms with E-state index in [2.05, 4.69) is 15.4 Å². The lowest BCUT2D eigenvalue weighted by atomic mass is 9.85. The third kappa shape index (κ3) is 4.70. The van der Waals surface area contributed by atoms with Gasteiger partial charge in [-0.05, 0) is 49.4 Å². The topological polar surface area (TPSA) is 81.5 Å². The van der Waals surface area contributed by atoms with Crippen LogP contribution in [0, 0.1) is 5.92 Å². The van der Waals surface area contributed by atoms with Crippen LogP contribution in [-0.4, -0.2) is 64.6 Å². The van der Waals surface area contributed by atoms with Gasteiger partial charge in [-0.15, -0.1) is 0 Å². The Morgan fingerprint density at radius 2 is 1.87 bits per heavy atom. The van der Waals surface area contributed by atoms with E-state index >= 15 is 0 Å². The molecule has 31 heavy (non-hydrogen) atoms. The van der Waals surface area contributed by atoms with Crippen molar-refractivity contribution in [2.24, 2.45) is 5.92 Å². The van der Waals surface area contributed by atoms with Gasteiger partial charge in [0.15, 0.2) is 12.6 Å². The number of carbonyl (C=O) groups is 1. The molecule has 1 aromatic carbocycles. The van der Waals surface area contributed by atoms with E-state index in [1.165, 1.54) is 0 Å². The zero-order valence-electron chi connectivity index (χ0n) is 17.0. The number of piperidine rings is 1. The number of benzene rings is 1. The zero-order chi connectivity index (χ0) is 22.0. The molecule has 2 aliphatic heterocycles. The standard InChI is InChI=1S/C20H24F3N5O3/c1-30-14-2-4-15(5-3-14)31-11-18(29)27-8-6-13(7-9-27)16-10-17(20(21,22)23)28-19(26-16)24-12-25-28/h2-5,12-13,16-17H,6-11H2,1H3,(H,24,25,26)/t16-,17+/m0/s1. The van der Waals surface area contributed by atoms with Crippen molar-refractivity contribution in [3.05, 3.63) is 30.6 Å². The lowest BCUT2D eigenvalue weighted by Gasteiger charge is -2.40. The highest BCUT2D eigenvalue weighted by Gasteiger charge is 2.48. The lowest BCUT2D eigenvalue weighted by molar-refractivity contribution is -0.174. The molecule has 2 aromatic rings. The highest BCUT2D eigenvalue weighted by Crippen LogP contribution is 2.41. The number of amides is 1. The van der Waals surface area contributed by atoms with Gasteiger partial charge in [-0.2, -0.15) is 23.3 Å². The summed E-state index contributed by atoms with van der Waals surface area (Å²) in [5.41, 5.74) is 0. The van der Waals surface area contributed by atoms with Gasteiger partial charge in [-0.3, -0.25) is 4.79 Å². The number of likely N-dealkylation sites (tertiary alicyclic amines) is 1. The number of anilines is 1. The number of fused-ring (bicyclic) bond motifs is 1. The second-order valence-corrected chi connectivity index (χ2v) is 7.75. The van der Waals surface area contributed by atoms with Crippen LogP contribution in [0.3, 0.4) is 0 Å². The smallest absolute Gasteiger partial charge is 0.411 e. The molecule has 0 radical (unpaired) electrons. The fraction of sp³-hybridized carbons (Fsp3) is 0.550. The van der Waals surface area contributed by atoms with Gasteiger partial charge in [0, 0.05) is 19.1 Å². The van der Waals surface area contributed by atoms with E-state index in [0.717, 1.165) is 11.0 Å². The molecule has 2 atom stereocenters. The minimum absolute atomic E-state index is 0.0156. The van der Waals surface area contributed by atoms with Crippen LogP contribution < -0.4 is 14.8 Å². The number of hydrogen-bond donors (Lipinski definition) is 1. The van der Waals surface area contributed by atoms with Crippen LogP contribution in [0.1, 0.15) is 25.3 Å². The largest absolute Gasteiger partial charge is 0.497 e. The Hall–Kier alpha value is -2.98. The minimum Gasteiger partial charge on any atom is -0.497 e. The maximum atomic E-state index is 13.5. The molecular weight excluding hydrogens is 415 g/mol. The highest BCUT2D eigenvalue weighted by molar-refractivity contribution is 5.77. The van der Waals surface area contributed by atoms with Crippen LogP contribution in [0.25, 0.3) is 0 Å². The van der Waals surface area contributed by atoms with Crippen LogP contribution >= 0.6 is 0 Å². The number of ether oxygens (including phenoxy) is 2. The number of nitrogens with one attached hydrogen (secondary N) is 1. The summed E-state index contributed by atoms with van der Waals surface area (Å²) in [6, 6.07) is 4.89. The van der Waals surface area contributed by atoms with Gasteiger partial charge in [0.1, 0.15) is 17.8 Å². The molecule has 4 rings (SSSR count). The molecule has 1 fully saturated rings. The Kier molecular flexibility index (Phi) is 5.92. The van der Waals surface area contributed by atoms with Gasteiger partial charge in [0.2, 0.25) is 5.95 Å². The molecule has 168 valence electrons. The van der Waals surface area contributed by atoms with E-state index < -0.39 is 12.2 Å². The normalized spacial score (nSPS) is 21.9. The zero-order valence-corrected chi connectivity index (χ0v) is 17.0. The molecule has 0 unspecified atom stereocenters. The fourth-order valence-electron chi connectivity index (χ4n) is 4.19. The lowest BCUT2D eigenvalue weighted by Crippen LogP contribution is -2.48. The first-order valence-corrected chi connectivity index (χ1v) is 10.1. The predicted molar refractivity (Wildman–Crippen MR) is 105 cm³/mol. The summed E-state index contributed by atoms with van der Waals surface area (Å²) in [5, 5.41) is 6.82. The molecule has 1 aromatic heterocycles. The van der Waals surface area contributed by atoms with Gasteiger partial charge < -0.3 is 19.7 Å². The Bertz CT molecular complexity index is 894. The Morgan fingerprint density at radius 1 is 1.19 bits per heavy atom. The minimum atomic E-state index is -4.39. The number of halogens is 3. The monoisotopic (exact) mass is 439 g/mol. The fourth-order valence-corrected chi connectivity index (χ4v) is 4.19. The molecule has 1 N–H and O–H groups in total. The number of carbonyl (C=O) groups excluding carboxylic acids is 1. The predicted octanol–water partition coefficient (Wildman–Crippen LogP) is 2.89. The first kappa shape index (κ1) is 21.3. The second-order valence-electron chi connectivity index (χ2n) is 7.75. The molecular formula is C20H24F3N5O3. The van der Waals surface area contributed by atoms with Crippen LogP contribution in [-0.2, 0) is 4.79 Å². The number of hydrogen-bond acceptors (Lipinski definition) is 6. The molecule has 0 saturated carbocycles. The van der Waals surface area contributed by atoms with Crippen molar-refractivity contribution in [2.45, 2.75) is 37.5 Å². The SMILES string of the molecule is COc1ccc(OCC(=O)N2CCC([C@@H]3C[C@H](C(F)(F)F)n4ncnc4N3)CC2)cc1. The number of aromatic nitrogens is 3. The average molecular weight is 439 g/mol.